The third kappa shape index (κ3) is 3.25. The van der Waals surface area contributed by atoms with Crippen molar-refractivity contribution in [1.82, 2.24) is 9.36 Å². The molecule has 1 aromatic rings. The number of hydrogen-bond donors (Lipinski definition) is 1. The van der Waals surface area contributed by atoms with Crippen LogP contribution in [0.15, 0.2) is 0 Å². The molecule has 1 N–H and O–H groups in total. The van der Waals surface area contributed by atoms with Crippen LogP contribution in [-0.4, -0.2) is 15.9 Å². The highest BCUT2D eigenvalue weighted by Gasteiger charge is 2.07. The fraction of sp³-hybridized carbons (Fsp3) is 0.800. The summed E-state index contributed by atoms with van der Waals surface area (Å²) in [6.07, 6.45) is 1.20. The molecule has 1 unspecified atom stereocenters. The Morgan fingerprint density at radius 1 is 1.36 bits per heavy atom. The number of nitrogens with one attached hydrogen (secondary N) is 1. The zero-order chi connectivity index (χ0) is 10.6. The van der Waals surface area contributed by atoms with Gasteiger partial charge in [0.1, 0.15) is 5.82 Å². The van der Waals surface area contributed by atoms with Crippen molar-refractivity contribution in [1.29, 1.82) is 0 Å². The van der Waals surface area contributed by atoms with Gasteiger partial charge >= 0.3 is 0 Å². The van der Waals surface area contributed by atoms with Crippen LogP contribution in [-0.2, 0) is 0 Å². The molecule has 0 saturated heterocycles. The molecule has 1 aromatic heterocycles. The zero-order valence-electron chi connectivity index (χ0n) is 9.37. The standard InChI is InChI=1S/C10H19N3S/c1-5-8(4)6-11-10-12-9(7(2)3)13-14-10/h7-8H,5-6H2,1-4H3,(H,11,12,13). The maximum atomic E-state index is 4.41. The zero-order valence-corrected chi connectivity index (χ0v) is 10.2. The average Bonchev–Trinajstić information content (AvgIpc) is 2.62. The van der Waals surface area contributed by atoms with E-state index < -0.39 is 0 Å². The fourth-order valence-electron chi connectivity index (χ4n) is 0.947. The highest BCUT2D eigenvalue weighted by molar-refractivity contribution is 7.09. The topological polar surface area (TPSA) is 37.8 Å². The summed E-state index contributed by atoms with van der Waals surface area (Å²) in [6.45, 7) is 9.65. The molecule has 1 atom stereocenters. The highest BCUT2D eigenvalue weighted by Crippen LogP contribution is 2.17. The summed E-state index contributed by atoms with van der Waals surface area (Å²) < 4.78 is 4.29. The molecular weight excluding hydrogens is 194 g/mol. The van der Waals surface area contributed by atoms with E-state index in [4.69, 9.17) is 0 Å². The van der Waals surface area contributed by atoms with Crippen molar-refractivity contribution in [2.75, 3.05) is 11.9 Å². The number of aromatic nitrogens is 2. The van der Waals surface area contributed by atoms with Crippen LogP contribution in [0.3, 0.4) is 0 Å². The predicted octanol–water partition coefficient (Wildman–Crippen LogP) is 3.12. The summed E-state index contributed by atoms with van der Waals surface area (Å²) >= 11 is 1.46. The van der Waals surface area contributed by atoms with Crippen molar-refractivity contribution in [2.24, 2.45) is 5.92 Å². The summed E-state index contributed by atoms with van der Waals surface area (Å²) in [5, 5.41) is 4.27. The molecule has 14 heavy (non-hydrogen) atoms. The lowest BCUT2D eigenvalue weighted by Crippen LogP contribution is -2.10. The Kier molecular flexibility index (Phi) is 4.32. The van der Waals surface area contributed by atoms with E-state index in [0.717, 1.165) is 17.5 Å². The molecule has 0 bridgehead atoms. The van der Waals surface area contributed by atoms with E-state index in [9.17, 15) is 0 Å². The maximum Gasteiger partial charge on any atom is 0.202 e. The summed E-state index contributed by atoms with van der Waals surface area (Å²) in [6, 6.07) is 0. The quantitative estimate of drug-likeness (QED) is 0.816. The van der Waals surface area contributed by atoms with Crippen LogP contribution in [0.2, 0.25) is 0 Å². The summed E-state index contributed by atoms with van der Waals surface area (Å²) in [7, 11) is 0. The lowest BCUT2D eigenvalue weighted by molar-refractivity contribution is 0.593. The number of anilines is 1. The molecular formula is C10H19N3S. The first kappa shape index (κ1) is 11.4. The van der Waals surface area contributed by atoms with Gasteiger partial charge in [0.25, 0.3) is 0 Å². The summed E-state index contributed by atoms with van der Waals surface area (Å²) in [5.74, 6) is 2.06. The molecule has 0 aromatic carbocycles. The lowest BCUT2D eigenvalue weighted by Gasteiger charge is -2.07. The van der Waals surface area contributed by atoms with E-state index in [0.29, 0.717) is 11.8 Å². The Morgan fingerprint density at radius 2 is 2.07 bits per heavy atom. The van der Waals surface area contributed by atoms with Crippen LogP contribution in [0.5, 0.6) is 0 Å². The molecule has 0 amide bonds. The molecule has 3 nitrogen and oxygen atoms in total. The Hall–Kier alpha value is -0.640. The van der Waals surface area contributed by atoms with Crippen molar-refractivity contribution in [2.45, 2.75) is 40.0 Å². The number of nitrogens with zero attached hydrogens (tertiary/aromatic N) is 2. The molecule has 0 radical (unpaired) electrons. The van der Waals surface area contributed by atoms with Crippen molar-refractivity contribution in [3.63, 3.8) is 0 Å². The van der Waals surface area contributed by atoms with Gasteiger partial charge in [-0.15, -0.1) is 0 Å². The molecule has 0 fully saturated rings. The van der Waals surface area contributed by atoms with Gasteiger partial charge in [-0.3, -0.25) is 0 Å². The second kappa shape index (κ2) is 5.29. The van der Waals surface area contributed by atoms with Gasteiger partial charge in [0.15, 0.2) is 0 Å². The summed E-state index contributed by atoms with van der Waals surface area (Å²) in [5.41, 5.74) is 0. The maximum absolute atomic E-state index is 4.41. The first-order chi connectivity index (χ1) is 6.63. The van der Waals surface area contributed by atoms with Crippen LogP contribution in [0.4, 0.5) is 5.13 Å². The van der Waals surface area contributed by atoms with Crippen LogP contribution in [0, 0.1) is 5.92 Å². The largest absolute Gasteiger partial charge is 0.360 e. The lowest BCUT2D eigenvalue weighted by atomic mass is 10.1. The van der Waals surface area contributed by atoms with Gasteiger partial charge in [0, 0.05) is 24.0 Å². The number of rotatable bonds is 5. The Morgan fingerprint density at radius 3 is 2.57 bits per heavy atom. The molecule has 1 rings (SSSR count). The Balaban J connectivity index is 2.44. The van der Waals surface area contributed by atoms with E-state index in [1.807, 2.05) is 0 Å². The molecule has 0 aliphatic carbocycles. The van der Waals surface area contributed by atoms with Crippen molar-refractivity contribution < 1.29 is 0 Å². The normalized spacial score (nSPS) is 13.2. The van der Waals surface area contributed by atoms with Crippen molar-refractivity contribution in [3.05, 3.63) is 5.82 Å². The predicted molar refractivity (Wildman–Crippen MR) is 61.9 cm³/mol. The van der Waals surface area contributed by atoms with Gasteiger partial charge in [-0.1, -0.05) is 34.1 Å². The molecule has 1 heterocycles. The van der Waals surface area contributed by atoms with Gasteiger partial charge in [-0.2, -0.15) is 4.37 Å². The van der Waals surface area contributed by atoms with Crippen molar-refractivity contribution >= 4 is 16.7 Å². The minimum Gasteiger partial charge on any atom is -0.360 e. The SMILES string of the molecule is CCC(C)CNc1nc(C(C)C)ns1. The summed E-state index contributed by atoms with van der Waals surface area (Å²) in [4.78, 5) is 4.41. The van der Waals surface area contributed by atoms with Crippen LogP contribution >= 0.6 is 11.5 Å². The second-order valence-corrected chi connectivity index (χ2v) is 4.76. The second-order valence-electron chi connectivity index (χ2n) is 4.01. The fourth-order valence-corrected chi connectivity index (χ4v) is 1.66. The van der Waals surface area contributed by atoms with E-state index in [-0.39, 0.29) is 0 Å². The molecule has 80 valence electrons. The monoisotopic (exact) mass is 213 g/mol. The molecule has 0 spiro atoms. The van der Waals surface area contributed by atoms with Gasteiger partial charge in [-0.25, -0.2) is 4.98 Å². The minimum absolute atomic E-state index is 0.422. The van der Waals surface area contributed by atoms with Crippen LogP contribution in [0.1, 0.15) is 45.9 Å². The molecule has 0 aliphatic rings. The first-order valence-corrected chi connectivity index (χ1v) is 5.98. The van der Waals surface area contributed by atoms with Crippen LogP contribution < -0.4 is 5.32 Å². The van der Waals surface area contributed by atoms with E-state index in [1.54, 1.807) is 0 Å². The minimum atomic E-state index is 0.422. The van der Waals surface area contributed by atoms with Gasteiger partial charge in [-0.05, 0) is 5.92 Å². The van der Waals surface area contributed by atoms with Crippen LogP contribution in [0.25, 0.3) is 0 Å². The third-order valence-electron chi connectivity index (χ3n) is 2.26. The van der Waals surface area contributed by atoms with E-state index in [2.05, 4.69) is 42.4 Å². The van der Waals surface area contributed by atoms with Gasteiger partial charge in [0.05, 0.1) is 0 Å². The molecule has 4 heteroatoms. The Labute approximate surface area is 90.1 Å². The van der Waals surface area contributed by atoms with Gasteiger partial charge < -0.3 is 5.32 Å². The average molecular weight is 213 g/mol. The number of hydrogen-bond acceptors (Lipinski definition) is 4. The highest BCUT2D eigenvalue weighted by atomic mass is 32.1. The van der Waals surface area contributed by atoms with Crippen molar-refractivity contribution in [3.8, 4) is 0 Å². The van der Waals surface area contributed by atoms with E-state index in [1.165, 1.54) is 18.0 Å². The van der Waals surface area contributed by atoms with Gasteiger partial charge in [0.2, 0.25) is 5.13 Å². The smallest absolute Gasteiger partial charge is 0.202 e. The Bertz CT molecular complexity index is 270. The van der Waals surface area contributed by atoms with E-state index >= 15 is 0 Å². The first-order valence-electron chi connectivity index (χ1n) is 5.21. The molecule has 0 saturated carbocycles. The third-order valence-corrected chi connectivity index (χ3v) is 2.94. The molecule has 0 aliphatic heterocycles.